The minimum Gasteiger partial charge on any atom is -0.457 e. The van der Waals surface area contributed by atoms with Gasteiger partial charge in [-0.3, -0.25) is 0 Å². The van der Waals surface area contributed by atoms with Crippen molar-refractivity contribution in [2.45, 2.75) is 6.85 Å². The number of ether oxygens (including phenoxy) is 1. The van der Waals surface area contributed by atoms with Crippen LogP contribution in [-0.4, -0.2) is 0 Å². The van der Waals surface area contributed by atoms with Gasteiger partial charge in [0.15, 0.2) is 0 Å². The van der Waals surface area contributed by atoms with Crippen LogP contribution >= 0.6 is 0 Å². The van der Waals surface area contributed by atoms with Crippen molar-refractivity contribution in [1.29, 1.82) is 0 Å². The highest BCUT2D eigenvalue weighted by Gasteiger charge is 1.95. The lowest BCUT2D eigenvalue weighted by Gasteiger charge is -2.05. The third-order valence-electron chi connectivity index (χ3n) is 1.28. The van der Waals surface area contributed by atoms with Crippen molar-refractivity contribution in [3.8, 4) is 11.5 Å². The molecule has 0 aromatic heterocycles. The summed E-state index contributed by atoms with van der Waals surface area (Å²) in [5.74, 6) is -1.47. The smallest absolute Gasteiger partial charge is 0.127 e. The largest absolute Gasteiger partial charge is 0.457 e. The molecule has 0 saturated heterocycles. The summed E-state index contributed by atoms with van der Waals surface area (Å²) in [4.78, 5) is 0. The second-order valence-electron chi connectivity index (χ2n) is 2.26. The average molecular weight is 196 g/mol. The van der Waals surface area contributed by atoms with E-state index in [0.717, 1.165) is 0 Å². The quantitative estimate of drug-likeness (QED) is 0.710. The molecule has 0 saturated carbocycles. The molecule has 0 spiro atoms. The summed E-state index contributed by atoms with van der Waals surface area (Å²) in [6.07, 6.45) is 0. The van der Waals surface area contributed by atoms with Gasteiger partial charge in [0.1, 0.15) is 11.5 Å². The van der Waals surface area contributed by atoms with Crippen molar-refractivity contribution in [1.82, 2.24) is 0 Å². The van der Waals surface area contributed by atoms with Crippen LogP contribution in [0, 0.1) is 6.85 Å². The summed E-state index contributed by atoms with van der Waals surface area (Å²) >= 11 is 0. The standard InChI is InChI=1S/C13H12O/c1-11-6-5-9-13(10-11)14-12-7-3-2-4-8-12/h2-10H,1H3/i1D3,2D,3D,4D,5D,6D,7D,8D,9D,10D. The number of para-hydroxylation sites is 1. The second kappa shape index (κ2) is 3.97. The van der Waals surface area contributed by atoms with Gasteiger partial charge in [0.2, 0.25) is 0 Å². The van der Waals surface area contributed by atoms with Crippen molar-refractivity contribution in [3.63, 3.8) is 0 Å². The molecule has 0 N–H and O–H groups in total. The van der Waals surface area contributed by atoms with E-state index < -0.39 is 78.3 Å². The van der Waals surface area contributed by atoms with E-state index in [9.17, 15) is 0 Å². The van der Waals surface area contributed by atoms with Gasteiger partial charge < -0.3 is 4.74 Å². The van der Waals surface area contributed by atoms with Gasteiger partial charge in [0, 0.05) is 4.11 Å². The fourth-order valence-corrected chi connectivity index (χ4v) is 0.769. The lowest BCUT2D eigenvalue weighted by Crippen LogP contribution is -1.83. The van der Waals surface area contributed by atoms with Gasteiger partial charge in [-0.1, -0.05) is 30.2 Å². The lowest BCUT2D eigenvalue weighted by atomic mass is 10.2. The van der Waals surface area contributed by atoms with E-state index >= 15 is 0 Å². The highest BCUT2D eigenvalue weighted by molar-refractivity contribution is 5.33. The van der Waals surface area contributed by atoms with E-state index in [1.54, 1.807) is 0 Å². The van der Waals surface area contributed by atoms with E-state index in [1.165, 1.54) is 0 Å². The summed E-state index contributed by atoms with van der Waals surface area (Å²) in [5, 5.41) is 0. The lowest BCUT2D eigenvalue weighted by molar-refractivity contribution is 0.482. The topological polar surface area (TPSA) is 9.23 Å². The normalized spacial score (nSPS) is 22.9. The van der Waals surface area contributed by atoms with Gasteiger partial charge in [0.05, 0.1) is 12.3 Å². The molecular formula is C13H12O. The molecule has 2 aromatic carbocycles. The van der Waals surface area contributed by atoms with Crippen LogP contribution in [0.3, 0.4) is 0 Å². The first-order valence-corrected chi connectivity index (χ1v) is 3.66. The number of hydrogen-bond acceptors (Lipinski definition) is 1. The Hall–Kier alpha value is -1.76. The van der Waals surface area contributed by atoms with Gasteiger partial charge in [-0.15, -0.1) is 0 Å². The molecule has 0 bridgehead atoms. The maximum atomic E-state index is 7.96. The molecule has 0 fully saturated rings. The van der Waals surface area contributed by atoms with E-state index in [4.69, 9.17) is 21.2 Å². The summed E-state index contributed by atoms with van der Waals surface area (Å²) in [7, 11) is 0. The van der Waals surface area contributed by atoms with Crippen LogP contribution in [-0.2, 0) is 0 Å². The second-order valence-corrected chi connectivity index (χ2v) is 2.26. The van der Waals surface area contributed by atoms with Crippen molar-refractivity contribution in [2.24, 2.45) is 0 Å². The fraction of sp³-hybridized carbons (Fsp3) is 0.0769. The monoisotopic (exact) mass is 196 g/mol. The molecule has 0 unspecified atom stereocenters. The molecular weight excluding hydrogens is 172 g/mol. The predicted octanol–water partition coefficient (Wildman–Crippen LogP) is 3.79. The van der Waals surface area contributed by atoms with Gasteiger partial charge in [-0.05, 0) is 36.6 Å². The van der Waals surface area contributed by atoms with Crippen LogP contribution in [0.25, 0.3) is 0 Å². The van der Waals surface area contributed by atoms with Crippen LogP contribution in [0.1, 0.15) is 22.0 Å². The van der Waals surface area contributed by atoms with E-state index in [0.29, 0.717) is 0 Å². The van der Waals surface area contributed by atoms with Crippen LogP contribution in [0.4, 0.5) is 0 Å². The first-order chi connectivity index (χ1) is 11.8. The predicted molar refractivity (Wildman–Crippen MR) is 57.7 cm³/mol. The molecule has 0 amide bonds. The summed E-state index contributed by atoms with van der Waals surface area (Å²) in [5.41, 5.74) is -0.819. The fourth-order valence-electron chi connectivity index (χ4n) is 0.769. The van der Waals surface area contributed by atoms with Crippen LogP contribution < -0.4 is 4.74 Å². The zero-order chi connectivity index (χ0) is 20.1. The molecule has 0 heterocycles. The van der Waals surface area contributed by atoms with Crippen molar-refractivity contribution in [2.75, 3.05) is 0 Å². The Morgan fingerprint density at radius 1 is 1.00 bits per heavy atom. The maximum absolute atomic E-state index is 7.96. The zero-order valence-electron chi connectivity index (χ0n) is 18.9. The zero-order valence-corrected chi connectivity index (χ0v) is 6.91. The SMILES string of the molecule is [2H]c1c([2H])c([2H])c(Oc2c([2H])c([2H])c([2H])c(C([2H])([2H])[2H])c2[2H])c([2H])c1[2H]. The first-order valence-electron chi connectivity index (χ1n) is 9.66. The van der Waals surface area contributed by atoms with Gasteiger partial charge in [-0.2, -0.15) is 0 Å². The maximum Gasteiger partial charge on any atom is 0.127 e. The van der Waals surface area contributed by atoms with Crippen molar-refractivity contribution < 1.29 is 21.2 Å². The number of benzene rings is 2. The Morgan fingerprint density at radius 2 is 1.79 bits per heavy atom. The first kappa shape index (κ1) is 2.43. The Balaban J connectivity index is 2.79. The molecule has 0 aliphatic carbocycles. The summed E-state index contributed by atoms with van der Waals surface area (Å²) in [6, 6.07) is -6.88. The molecule has 1 nitrogen and oxygen atoms in total. The minimum atomic E-state index is -2.93. The average Bonchev–Trinajstić information content (AvgIpc) is 2.54. The highest BCUT2D eigenvalue weighted by atomic mass is 16.5. The summed E-state index contributed by atoms with van der Waals surface area (Å²) < 4.78 is 96.9. The molecule has 2 rings (SSSR count). The van der Waals surface area contributed by atoms with Crippen LogP contribution in [0.15, 0.2) is 54.4 Å². The van der Waals surface area contributed by atoms with E-state index in [1.807, 2.05) is 0 Å². The molecule has 0 radical (unpaired) electrons. The molecule has 70 valence electrons. The van der Waals surface area contributed by atoms with Gasteiger partial charge in [0.25, 0.3) is 0 Å². The number of rotatable bonds is 2. The number of hydrogen-bond donors (Lipinski definition) is 0. The summed E-state index contributed by atoms with van der Waals surface area (Å²) in [6.45, 7) is -2.93. The molecule has 0 atom stereocenters. The highest BCUT2D eigenvalue weighted by Crippen LogP contribution is 2.21. The Kier molecular flexibility index (Phi) is 0.688. The third-order valence-corrected chi connectivity index (χ3v) is 1.28. The Labute approximate surface area is 101 Å². The van der Waals surface area contributed by atoms with E-state index in [2.05, 4.69) is 0 Å². The van der Waals surface area contributed by atoms with Crippen LogP contribution in [0.2, 0.25) is 0 Å². The van der Waals surface area contributed by atoms with Crippen molar-refractivity contribution in [3.05, 3.63) is 59.9 Å². The van der Waals surface area contributed by atoms with E-state index in [-0.39, 0.29) is 0 Å². The molecule has 0 aliphatic rings. The molecule has 2 aromatic rings. The molecule has 0 aliphatic heterocycles. The minimum absolute atomic E-state index is 0.671. The Bertz CT molecular complexity index is 873. The third kappa shape index (κ3) is 2.13. The van der Waals surface area contributed by atoms with Gasteiger partial charge >= 0.3 is 0 Å². The van der Waals surface area contributed by atoms with Crippen LogP contribution in [0.5, 0.6) is 11.5 Å². The molecule has 1 heteroatoms. The molecule has 14 heavy (non-hydrogen) atoms. The van der Waals surface area contributed by atoms with Crippen molar-refractivity contribution >= 4 is 0 Å². The Morgan fingerprint density at radius 3 is 2.57 bits per heavy atom. The van der Waals surface area contributed by atoms with Gasteiger partial charge in [-0.25, -0.2) is 0 Å².